The standard InChI is InChI=1S/C17H22N2O/c1-14(2)15-6-8-17(9-7-15)20-12-11-18-13-16-5-3-4-10-19-16/h3-10,14,18H,11-13H2,1-2H3. The normalized spacial score (nSPS) is 10.8. The number of ether oxygens (including phenoxy) is 1. The number of aromatic nitrogens is 1. The highest BCUT2D eigenvalue weighted by molar-refractivity contribution is 5.28. The Morgan fingerprint density at radius 1 is 1.10 bits per heavy atom. The highest BCUT2D eigenvalue weighted by Gasteiger charge is 1.99. The lowest BCUT2D eigenvalue weighted by atomic mass is 10.0. The van der Waals surface area contributed by atoms with E-state index < -0.39 is 0 Å². The van der Waals surface area contributed by atoms with Crippen LogP contribution >= 0.6 is 0 Å². The summed E-state index contributed by atoms with van der Waals surface area (Å²) in [7, 11) is 0. The fourth-order valence-corrected chi connectivity index (χ4v) is 1.91. The molecule has 0 radical (unpaired) electrons. The predicted octanol–water partition coefficient (Wildman–Crippen LogP) is 3.37. The van der Waals surface area contributed by atoms with Crippen molar-refractivity contribution in [3.05, 3.63) is 59.9 Å². The smallest absolute Gasteiger partial charge is 0.119 e. The molecule has 3 nitrogen and oxygen atoms in total. The van der Waals surface area contributed by atoms with Crippen LogP contribution in [0.4, 0.5) is 0 Å². The van der Waals surface area contributed by atoms with Crippen LogP contribution < -0.4 is 10.1 Å². The number of nitrogens with one attached hydrogen (secondary N) is 1. The molecular weight excluding hydrogens is 248 g/mol. The molecule has 1 heterocycles. The maximum Gasteiger partial charge on any atom is 0.119 e. The molecule has 3 heteroatoms. The molecule has 1 aromatic carbocycles. The maximum absolute atomic E-state index is 5.70. The lowest BCUT2D eigenvalue weighted by Crippen LogP contribution is -2.21. The van der Waals surface area contributed by atoms with Gasteiger partial charge < -0.3 is 10.1 Å². The van der Waals surface area contributed by atoms with E-state index in [-0.39, 0.29) is 0 Å². The van der Waals surface area contributed by atoms with Gasteiger partial charge in [0.25, 0.3) is 0 Å². The second kappa shape index (κ2) is 7.65. The summed E-state index contributed by atoms with van der Waals surface area (Å²) in [6, 6.07) is 14.3. The number of nitrogens with zero attached hydrogens (tertiary/aromatic N) is 1. The molecule has 0 amide bonds. The van der Waals surface area contributed by atoms with Gasteiger partial charge in [0.1, 0.15) is 12.4 Å². The van der Waals surface area contributed by atoms with E-state index in [1.807, 2.05) is 36.5 Å². The van der Waals surface area contributed by atoms with Crippen LogP contribution in [0, 0.1) is 0 Å². The molecular formula is C17H22N2O. The lowest BCUT2D eigenvalue weighted by molar-refractivity contribution is 0.313. The first kappa shape index (κ1) is 14.5. The highest BCUT2D eigenvalue weighted by atomic mass is 16.5. The van der Waals surface area contributed by atoms with E-state index in [9.17, 15) is 0 Å². The van der Waals surface area contributed by atoms with E-state index in [0.717, 1.165) is 24.5 Å². The second-order valence-electron chi connectivity index (χ2n) is 5.07. The molecule has 20 heavy (non-hydrogen) atoms. The first-order chi connectivity index (χ1) is 9.75. The Kier molecular flexibility index (Phi) is 5.56. The third-order valence-electron chi connectivity index (χ3n) is 3.13. The zero-order chi connectivity index (χ0) is 14.2. The fraction of sp³-hybridized carbons (Fsp3) is 0.353. The Labute approximate surface area is 121 Å². The van der Waals surface area contributed by atoms with Gasteiger partial charge >= 0.3 is 0 Å². The number of benzene rings is 1. The maximum atomic E-state index is 5.70. The van der Waals surface area contributed by atoms with Crippen LogP contribution in [-0.2, 0) is 6.54 Å². The van der Waals surface area contributed by atoms with Gasteiger partial charge in [-0.1, -0.05) is 32.0 Å². The summed E-state index contributed by atoms with van der Waals surface area (Å²) in [5, 5.41) is 3.31. The molecule has 1 aromatic heterocycles. The van der Waals surface area contributed by atoms with Crippen molar-refractivity contribution in [2.24, 2.45) is 0 Å². The van der Waals surface area contributed by atoms with E-state index in [2.05, 4.69) is 36.3 Å². The van der Waals surface area contributed by atoms with Gasteiger partial charge in [-0.15, -0.1) is 0 Å². The summed E-state index contributed by atoms with van der Waals surface area (Å²) in [6.45, 7) is 6.63. The summed E-state index contributed by atoms with van der Waals surface area (Å²) >= 11 is 0. The SMILES string of the molecule is CC(C)c1ccc(OCCNCc2ccccn2)cc1. The van der Waals surface area contributed by atoms with E-state index in [0.29, 0.717) is 12.5 Å². The molecule has 0 unspecified atom stereocenters. The van der Waals surface area contributed by atoms with Crippen molar-refractivity contribution in [3.63, 3.8) is 0 Å². The number of pyridine rings is 1. The van der Waals surface area contributed by atoms with Crippen LogP contribution in [0.1, 0.15) is 31.0 Å². The van der Waals surface area contributed by atoms with Crippen molar-refractivity contribution in [1.82, 2.24) is 10.3 Å². The molecule has 0 saturated carbocycles. The van der Waals surface area contributed by atoms with Gasteiger partial charge in [0.15, 0.2) is 0 Å². The van der Waals surface area contributed by atoms with Crippen LogP contribution in [0.5, 0.6) is 5.75 Å². The molecule has 2 aromatic rings. The quantitative estimate of drug-likeness (QED) is 0.783. The van der Waals surface area contributed by atoms with E-state index in [4.69, 9.17) is 4.74 Å². The minimum atomic E-state index is 0.559. The van der Waals surface area contributed by atoms with Crippen molar-refractivity contribution in [3.8, 4) is 5.75 Å². The average Bonchev–Trinajstić information content (AvgIpc) is 2.48. The molecule has 0 aliphatic carbocycles. The Morgan fingerprint density at radius 3 is 2.55 bits per heavy atom. The van der Waals surface area contributed by atoms with Gasteiger partial charge in [-0.2, -0.15) is 0 Å². The van der Waals surface area contributed by atoms with Crippen molar-refractivity contribution >= 4 is 0 Å². The molecule has 0 aliphatic rings. The molecule has 0 fully saturated rings. The second-order valence-corrected chi connectivity index (χ2v) is 5.07. The Hall–Kier alpha value is -1.87. The first-order valence-electron chi connectivity index (χ1n) is 7.09. The van der Waals surface area contributed by atoms with Crippen molar-refractivity contribution in [1.29, 1.82) is 0 Å². The van der Waals surface area contributed by atoms with Gasteiger partial charge in [-0.3, -0.25) is 4.98 Å². The molecule has 0 aliphatic heterocycles. The van der Waals surface area contributed by atoms with Crippen LogP contribution in [0.2, 0.25) is 0 Å². The van der Waals surface area contributed by atoms with Crippen molar-refractivity contribution < 1.29 is 4.74 Å². The number of rotatable bonds is 7. The average molecular weight is 270 g/mol. The summed E-state index contributed by atoms with van der Waals surface area (Å²) < 4.78 is 5.70. The molecule has 106 valence electrons. The first-order valence-corrected chi connectivity index (χ1v) is 7.09. The van der Waals surface area contributed by atoms with E-state index in [1.165, 1.54) is 5.56 Å². The van der Waals surface area contributed by atoms with Gasteiger partial charge in [-0.05, 0) is 35.7 Å². The monoisotopic (exact) mass is 270 g/mol. The molecule has 0 atom stereocenters. The van der Waals surface area contributed by atoms with Crippen LogP contribution in [0.25, 0.3) is 0 Å². The predicted molar refractivity (Wildman–Crippen MR) is 82.0 cm³/mol. The van der Waals surface area contributed by atoms with Crippen LogP contribution in [0.15, 0.2) is 48.7 Å². The fourth-order valence-electron chi connectivity index (χ4n) is 1.91. The highest BCUT2D eigenvalue weighted by Crippen LogP contribution is 2.18. The van der Waals surface area contributed by atoms with Gasteiger partial charge in [0.05, 0.1) is 5.69 Å². The zero-order valence-electron chi connectivity index (χ0n) is 12.2. The molecule has 0 spiro atoms. The zero-order valence-corrected chi connectivity index (χ0v) is 12.2. The molecule has 2 rings (SSSR count). The summed E-state index contributed by atoms with van der Waals surface area (Å²) in [5.41, 5.74) is 2.39. The molecule has 1 N–H and O–H groups in total. The third-order valence-corrected chi connectivity index (χ3v) is 3.13. The van der Waals surface area contributed by atoms with E-state index in [1.54, 1.807) is 0 Å². The Balaban J connectivity index is 1.66. The van der Waals surface area contributed by atoms with Crippen LogP contribution in [-0.4, -0.2) is 18.1 Å². The summed E-state index contributed by atoms with van der Waals surface area (Å²) in [4.78, 5) is 4.26. The Bertz CT molecular complexity index is 494. The van der Waals surface area contributed by atoms with Crippen LogP contribution in [0.3, 0.4) is 0 Å². The number of hydrogen-bond donors (Lipinski definition) is 1. The number of hydrogen-bond acceptors (Lipinski definition) is 3. The minimum Gasteiger partial charge on any atom is -0.492 e. The largest absolute Gasteiger partial charge is 0.492 e. The summed E-state index contributed by atoms with van der Waals surface area (Å²) in [5.74, 6) is 1.48. The van der Waals surface area contributed by atoms with Crippen molar-refractivity contribution in [2.75, 3.05) is 13.2 Å². The van der Waals surface area contributed by atoms with Crippen molar-refractivity contribution in [2.45, 2.75) is 26.3 Å². The lowest BCUT2D eigenvalue weighted by Gasteiger charge is -2.09. The topological polar surface area (TPSA) is 34.1 Å². The third kappa shape index (κ3) is 4.67. The van der Waals surface area contributed by atoms with E-state index >= 15 is 0 Å². The van der Waals surface area contributed by atoms with Gasteiger partial charge in [-0.25, -0.2) is 0 Å². The van der Waals surface area contributed by atoms with Gasteiger partial charge in [0, 0.05) is 19.3 Å². The Morgan fingerprint density at radius 2 is 1.90 bits per heavy atom. The minimum absolute atomic E-state index is 0.559. The molecule has 0 saturated heterocycles. The molecule has 0 bridgehead atoms. The summed E-state index contributed by atoms with van der Waals surface area (Å²) in [6.07, 6.45) is 1.81. The van der Waals surface area contributed by atoms with Gasteiger partial charge in [0.2, 0.25) is 0 Å².